The highest BCUT2D eigenvalue weighted by Gasteiger charge is 2.16. The summed E-state index contributed by atoms with van der Waals surface area (Å²) in [4.78, 5) is 12.0. The van der Waals surface area contributed by atoms with Gasteiger partial charge in [0.1, 0.15) is 0 Å². The lowest BCUT2D eigenvalue weighted by Gasteiger charge is -2.18. The van der Waals surface area contributed by atoms with Gasteiger partial charge in [-0.2, -0.15) is 0 Å². The number of nitrogens with one attached hydrogen (secondary N) is 1. The molecule has 1 heterocycles. The first-order valence-corrected chi connectivity index (χ1v) is 6.96. The van der Waals surface area contributed by atoms with Gasteiger partial charge in [0.25, 0.3) is 0 Å². The molecule has 3 N–H and O–H groups in total. The van der Waals surface area contributed by atoms with Crippen molar-refractivity contribution < 1.29 is 14.3 Å². The monoisotopic (exact) mass is 314 g/mol. The van der Waals surface area contributed by atoms with Crippen LogP contribution in [0.4, 0.5) is 0 Å². The van der Waals surface area contributed by atoms with Gasteiger partial charge in [-0.15, -0.1) is 12.4 Å². The minimum absolute atomic E-state index is 0. The molecular weight excluding hydrogens is 292 g/mol. The molecule has 1 amide bonds. The Balaban J connectivity index is 0.00000220. The molecule has 0 aliphatic carbocycles. The quantitative estimate of drug-likeness (QED) is 0.840. The Kier molecular flexibility index (Phi) is 6.78. The van der Waals surface area contributed by atoms with E-state index in [2.05, 4.69) is 19.2 Å². The van der Waals surface area contributed by atoms with E-state index in [-0.39, 0.29) is 31.1 Å². The third-order valence-corrected chi connectivity index (χ3v) is 3.21. The van der Waals surface area contributed by atoms with Crippen molar-refractivity contribution in [3.8, 4) is 11.5 Å². The predicted molar refractivity (Wildman–Crippen MR) is 84.0 cm³/mol. The number of hydrogen-bond donors (Lipinski definition) is 2. The lowest BCUT2D eigenvalue weighted by molar-refractivity contribution is -0.121. The molecule has 1 aromatic rings. The van der Waals surface area contributed by atoms with Gasteiger partial charge < -0.3 is 20.5 Å². The summed E-state index contributed by atoms with van der Waals surface area (Å²) in [6.07, 6.45) is 1.22. The molecule has 6 heteroatoms. The minimum atomic E-state index is -0.0139. The van der Waals surface area contributed by atoms with Gasteiger partial charge in [-0.1, -0.05) is 19.9 Å². The average molecular weight is 315 g/mol. The number of carbonyl (C=O) groups excluding carboxylic acids is 1. The second-order valence-corrected chi connectivity index (χ2v) is 5.49. The molecule has 0 fully saturated rings. The van der Waals surface area contributed by atoms with Crippen molar-refractivity contribution in [2.45, 2.75) is 32.7 Å². The maximum Gasteiger partial charge on any atom is 0.231 e. The van der Waals surface area contributed by atoms with Gasteiger partial charge in [-0.05, 0) is 30.0 Å². The molecule has 5 nitrogen and oxygen atoms in total. The molecular formula is C15H23ClN2O3. The molecule has 0 aromatic heterocycles. The molecule has 0 bridgehead atoms. The maximum absolute atomic E-state index is 12.0. The van der Waals surface area contributed by atoms with Crippen LogP contribution in [0.2, 0.25) is 0 Å². The highest BCUT2D eigenvalue weighted by molar-refractivity contribution is 5.85. The molecule has 0 saturated heterocycles. The highest BCUT2D eigenvalue weighted by atomic mass is 35.5. The van der Waals surface area contributed by atoms with E-state index in [0.717, 1.165) is 17.7 Å². The first-order valence-electron chi connectivity index (χ1n) is 6.96. The van der Waals surface area contributed by atoms with E-state index in [1.807, 2.05) is 18.2 Å². The van der Waals surface area contributed by atoms with Gasteiger partial charge in [0.05, 0.1) is 6.42 Å². The van der Waals surface area contributed by atoms with Gasteiger partial charge >= 0.3 is 0 Å². The topological polar surface area (TPSA) is 73.6 Å². The molecule has 0 spiro atoms. The Labute approximate surface area is 131 Å². The fourth-order valence-corrected chi connectivity index (χ4v) is 2.30. The maximum atomic E-state index is 12.0. The number of halogens is 1. The number of fused-ring (bicyclic) bond motifs is 1. The van der Waals surface area contributed by atoms with E-state index in [1.165, 1.54) is 0 Å². The van der Waals surface area contributed by atoms with Crippen molar-refractivity contribution in [2.75, 3.05) is 13.3 Å². The minimum Gasteiger partial charge on any atom is -0.454 e. The Morgan fingerprint density at radius 1 is 1.33 bits per heavy atom. The van der Waals surface area contributed by atoms with Gasteiger partial charge in [0.15, 0.2) is 11.5 Å². The lowest BCUT2D eigenvalue weighted by Crippen LogP contribution is -2.41. The first kappa shape index (κ1) is 17.6. The van der Waals surface area contributed by atoms with Crippen LogP contribution >= 0.6 is 12.4 Å². The van der Waals surface area contributed by atoms with Crippen LogP contribution in [0.25, 0.3) is 0 Å². The first-order chi connectivity index (χ1) is 9.58. The molecule has 0 radical (unpaired) electrons. The number of ether oxygens (including phenoxy) is 2. The number of hydrogen-bond acceptors (Lipinski definition) is 4. The van der Waals surface area contributed by atoms with Gasteiger partial charge in [-0.25, -0.2) is 0 Å². The number of rotatable bonds is 6. The fraction of sp³-hybridized carbons (Fsp3) is 0.533. The zero-order chi connectivity index (χ0) is 14.5. The Morgan fingerprint density at radius 3 is 2.71 bits per heavy atom. The highest BCUT2D eigenvalue weighted by Crippen LogP contribution is 2.32. The number of carbonyl (C=O) groups is 1. The van der Waals surface area contributed by atoms with Crippen LogP contribution < -0.4 is 20.5 Å². The van der Waals surface area contributed by atoms with Crippen molar-refractivity contribution in [2.24, 2.45) is 11.7 Å². The largest absolute Gasteiger partial charge is 0.454 e. The SMILES string of the molecule is CC(C)CC(CN)NC(=O)Cc1ccc2c(c1)OCO2.Cl. The van der Waals surface area contributed by atoms with Crippen LogP contribution in [-0.2, 0) is 11.2 Å². The molecule has 2 rings (SSSR count). The second-order valence-electron chi connectivity index (χ2n) is 5.49. The molecule has 0 saturated carbocycles. The second kappa shape index (κ2) is 8.10. The van der Waals surface area contributed by atoms with Crippen molar-refractivity contribution in [3.05, 3.63) is 23.8 Å². The smallest absolute Gasteiger partial charge is 0.231 e. The molecule has 1 atom stereocenters. The summed E-state index contributed by atoms with van der Waals surface area (Å²) in [5.41, 5.74) is 6.59. The van der Waals surface area contributed by atoms with E-state index in [9.17, 15) is 4.79 Å². The Morgan fingerprint density at radius 2 is 2.05 bits per heavy atom. The fourth-order valence-electron chi connectivity index (χ4n) is 2.30. The summed E-state index contributed by atoms with van der Waals surface area (Å²) in [7, 11) is 0. The van der Waals surface area contributed by atoms with Crippen LogP contribution in [0.15, 0.2) is 18.2 Å². The average Bonchev–Trinajstić information content (AvgIpc) is 2.84. The summed E-state index contributed by atoms with van der Waals surface area (Å²) in [6, 6.07) is 5.60. The van der Waals surface area contributed by atoms with Crippen LogP contribution in [0.3, 0.4) is 0 Å². The number of nitrogens with two attached hydrogens (primary N) is 1. The zero-order valence-corrected chi connectivity index (χ0v) is 13.2. The Bertz CT molecular complexity index is 480. The summed E-state index contributed by atoms with van der Waals surface area (Å²) < 4.78 is 10.5. The van der Waals surface area contributed by atoms with Crippen molar-refractivity contribution in [1.82, 2.24) is 5.32 Å². The van der Waals surface area contributed by atoms with E-state index < -0.39 is 0 Å². The van der Waals surface area contributed by atoms with Gasteiger partial charge in [0.2, 0.25) is 12.7 Å². The van der Waals surface area contributed by atoms with E-state index >= 15 is 0 Å². The van der Waals surface area contributed by atoms with Crippen LogP contribution in [-0.4, -0.2) is 25.3 Å². The zero-order valence-electron chi connectivity index (χ0n) is 12.4. The predicted octanol–water partition coefficient (Wildman–Crippen LogP) is 1.87. The summed E-state index contributed by atoms with van der Waals surface area (Å²) in [6.45, 7) is 4.94. The standard InChI is InChI=1S/C15H22N2O3.ClH/c1-10(2)5-12(8-16)17-15(18)7-11-3-4-13-14(6-11)20-9-19-13;/h3-4,6,10,12H,5,7-9,16H2,1-2H3,(H,17,18);1H. The molecule has 1 aliphatic rings. The van der Waals surface area contributed by atoms with Crippen LogP contribution in [0.5, 0.6) is 11.5 Å². The number of amides is 1. The normalized spacial score (nSPS) is 13.7. The molecule has 118 valence electrons. The third-order valence-electron chi connectivity index (χ3n) is 3.21. The van der Waals surface area contributed by atoms with E-state index in [0.29, 0.717) is 24.6 Å². The molecule has 1 unspecified atom stereocenters. The van der Waals surface area contributed by atoms with Crippen LogP contribution in [0, 0.1) is 5.92 Å². The van der Waals surface area contributed by atoms with Crippen LogP contribution in [0.1, 0.15) is 25.8 Å². The molecule has 1 aliphatic heterocycles. The summed E-state index contributed by atoms with van der Waals surface area (Å²) >= 11 is 0. The number of benzene rings is 1. The van der Waals surface area contributed by atoms with E-state index in [1.54, 1.807) is 0 Å². The molecule has 1 aromatic carbocycles. The summed E-state index contributed by atoms with van der Waals surface area (Å²) in [5.74, 6) is 1.93. The molecule has 21 heavy (non-hydrogen) atoms. The van der Waals surface area contributed by atoms with Crippen molar-refractivity contribution in [3.63, 3.8) is 0 Å². The Hall–Kier alpha value is -1.46. The summed E-state index contributed by atoms with van der Waals surface area (Å²) in [5, 5.41) is 2.98. The van der Waals surface area contributed by atoms with Crippen molar-refractivity contribution in [1.29, 1.82) is 0 Å². The third kappa shape index (κ3) is 5.10. The van der Waals surface area contributed by atoms with Gasteiger partial charge in [-0.3, -0.25) is 4.79 Å². The van der Waals surface area contributed by atoms with Gasteiger partial charge in [0, 0.05) is 12.6 Å². The van der Waals surface area contributed by atoms with E-state index in [4.69, 9.17) is 15.2 Å². The van der Waals surface area contributed by atoms with Crippen molar-refractivity contribution >= 4 is 18.3 Å². The lowest BCUT2D eigenvalue weighted by atomic mass is 10.0.